The van der Waals surface area contributed by atoms with Gasteiger partial charge in [-0.1, -0.05) is 27.7 Å². The van der Waals surface area contributed by atoms with E-state index in [1.807, 2.05) is 0 Å². The number of imide groups is 1. The highest BCUT2D eigenvalue weighted by molar-refractivity contribution is 6.00. The Kier molecular flexibility index (Phi) is 7.29. The van der Waals surface area contributed by atoms with Gasteiger partial charge in [0.05, 0.1) is 0 Å². The number of carboxylic acids is 1. The fourth-order valence-corrected chi connectivity index (χ4v) is 1.65. The average molecular weight is 272 g/mol. The van der Waals surface area contributed by atoms with Crippen molar-refractivity contribution in [3.63, 3.8) is 0 Å². The number of nitrogens with zero attached hydrogens (tertiary/aromatic N) is 1. The van der Waals surface area contributed by atoms with Crippen LogP contribution in [-0.4, -0.2) is 40.4 Å². The molecule has 19 heavy (non-hydrogen) atoms. The molecule has 0 radical (unpaired) electrons. The van der Waals surface area contributed by atoms with Crippen LogP contribution in [0, 0.1) is 11.8 Å². The Morgan fingerprint density at radius 2 is 1.47 bits per heavy atom. The predicted octanol–water partition coefficient (Wildman–Crippen LogP) is 0.846. The minimum absolute atomic E-state index is 0.183. The van der Waals surface area contributed by atoms with Gasteiger partial charge in [-0.05, 0) is 19.4 Å². The summed E-state index contributed by atoms with van der Waals surface area (Å²) in [6.07, 6.45) is 0.632. The largest absolute Gasteiger partial charge is 0.480 e. The standard InChI is InChI=1S/C13H24N2O4/c1-8(2)11(16)15(12(17)9(3)4)10(13(18)19)6-5-7-14/h8-10H,5-7,14H2,1-4H3,(H,18,19)/t10-/m0/s1. The molecule has 6 nitrogen and oxygen atoms in total. The van der Waals surface area contributed by atoms with E-state index in [1.165, 1.54) is 0 Å². The average Bonchev–Trinajstić information content (AvgIpc) is 2.32. The molecule has 0 aromatic heterocycles. The Morgan fingerprint density at radius 3 is 1.74 bits per heavy atom. The van der Waals surface area contributed by atoms with Crippen LogP contribution in [0.25, 0.3) is 0 Å². The smallest absolute Gasteiger partial charge is 0.326 e. The third kappa shape index (κ3) is 4.98. The fourth-order valence-electron chi connectivity index (χ4n) is 1.65. The van der Waals surface area contributed by atoms with Gasteiger partial charge in [-0.15, -0.1) is 0 Å². The van der Waals surface area contributed by atoms with Crippen molar-refractivity contribution in [3.05, 3.63) is 0 Å². The van der Waals surface area contributed by atoms with Gasteiger partial charge in [0.1, 0.15) is 6.04 Å². The Morgan fingerprint density at radius 1 is 1.05 bits per heavy atom. The molecule has 0 fully saturated rings. The van der Waals surface area contributed by atoms with Crippen LogP contribution in [0.3, 0.4) is 0 Å². The van der Waals surface area contributed by atoms with E-state index >= 15 is 0 Å². The number of hydrogen-bond acceptors (Lipinski definition) is 4. The van der Waals surface area contributed by atoms with Crippen LogP contribution in [0.15, 0.2) is 0 Å². The molecule has 0 aromatic rings. The summed E-state index contributed by atoms with van der Waals surface area (Å²) in [7, 11) is 0. The molecule has 3 N–H and O–H groups in total. The second-order valence-corrected chi connectivity index (χ2v) is 5.14. The Hall–Kier alpha value is -1.43. The highest BCUT2D eigenvalue weighted by atomic mass is 16.4. The van der Waals surface area contributed by atoms with E-state index in [-0.39, 0.29) is 6.42 Å². The summed E-state index contributed by atoms with van der Waals surface area (Å²) in [6.45, 7) is 6.90. The van der Waals surface area contributed by atoms with Gasteiger partial charge in [0, 0.05) is 11.8 Å². The normalized spacial score (nSPS) is 12.6. The summed E-state index contributed by atoms with van der Waals surface area (Å²) in [5, 5.41) is 9.24. The first-order chi connectivity index (χ1) is 8.73. The Labute approximate surface area is 113 Å². The number of aliphatic carboxylic acids is 1. The van der Waals surface area contributed by atoms with Crippen LogP contribution in [-0.2, 0) is 14.4 Å². The van der Waals surface area contributed by atoms with Gasteiger partial charge in [-0.2, -0.15) is 0 Å². The highest BCUT2D eigenvalue weighted by Gasteiger charge is 2.36. The van der Waals surface area contributed by atoms with Crippen LogP contribution < -0.4 is 5.73 Å². The quantitative estimate of drug-likeness (QED) is 0.715. The second kappa shape index (κ2) is 7.89. The van der Waals surface area contributed by atoms with Crippen LogP contribution in [0.5, 0.6) is 0 Å². The topological polar surface area (TPSA) is 101 Å². The summed E-state index contributed by atoms with van der Waals surface area (Å²) >= 11 is 0. The lowest BCUT2D eigenvalue weighted by Gasteiger charge is -2.30. The molecule has 0 spiro atoms. The molecule has 0 heterocycles. The second-order valence-electron chi connectivity index (χ2n) is 5.14. The summed E-state index contributed by atoms with van der Waals surface area (Å²) in [4.78, 5) is 36.4. The van der Waals surface area contributed by atoms with Gasteiger partial charge < -0.3 is 10.8 Å². The number of carbonyl (C=O) groups excluding carboxylic acids is 2. The van der Waals surface area contributed by atoms with E-state index in [2.05, 4.69) is 0 Å². The van der Waals surface area contributed by atoms with E-state index in [9.17, 15) is 19.5 Å². The van der Waals surface area contributed by atoms with Crippen molar-refractivity contribution in [2.45, 2.75) is 46.6 Å². The van der Waals surface area contributed by atoms with Crippen molar-refractivity contribution >= 4 is 17.8 Å². The molecule has 0 aliphatic heterocycles. The van der Waals surface area contributed by atoms with Crippen LogP contribution >= 0.6 is 0 Å². The molecule has 1 atom stereocenters. The maximum atomic E-state index is 12.1. The zero-order valence-corrected chi connectivity index (χ0v) is 12.0. The lowest BCUT2D eigenvalue weighted by atomic mass is 10.0. The van der Waals surface area contributed by atoms with Gasteiger partial charge in [0.25, 0.3) is 0 Å². The minimum Gasteiger partial charge on any atom is -0.480 e. The monoisotopic (exact) mass is 272 g/mol. The molecule has 6 heteroatoms. The number of nitrogens with two attached hydrogens (primary N) is 1. The van der Waals surface area contributed by atoms with Gasteiger partial charge >= 0.3 is 5.97 Å². The van der Waals surface area contributed by atoms with Crippen molar-refractivity contribution in [2.24, 2.45) is 17.6 Å². The Balaban J connectivity index is 5.33. The van der Waals surface area contributed by atoms with Crippen LogP contribution in [0.1, 0.15) is 40.5 Å². The third-order valence-electron chi connectivity index (χ3n) is 2.74. The number of amides is 2. The van der Waals surface area contributed by atoms with Crippen molar-refractivity contribution in [1.82, 2.24) is 4.90 Å². The maximum Gasteiger partial charge on any atom is 0.326 e. The van der Waals surface area contributed by atoms with Crippen molar-refractivity contribution < 1.29 is 19.5 Å². The molecule has 2 amide bonds. The number of rotatable bonds is 7. The van der Waals surface area contributed by atoms with E-state index in [1.54, 1.807) is 27.7 Å². The number of carbonyl (C=O) groups is 3. The van der Waals surface area contributed by atoms with E-state index in [0.29, 0.717) is 13.0 Å². The van der Waals surface area contributed by atoms with Crippen molar-refractivity contribution in [2.75, 3.05) is 6.54 Å². The van der Waals surface area contributed by atoms with E-state index < -0.39 is 35.7 Å². The van der Waals surface area contributed by atoms with Crippen LogP contribution in [0.2, 0.25) is 0 Å². The lowest BCUT2D eigenvalue weighted by molar-refractivity contribution is -0.161. The minimum atomic E-state index is -1.17. The molecule has 0 bridgehead atoms. The van der Waals surface area contributed by atoms with Crippen molar-refractivity contribution in [1.29, 1.82) is 0 Å². The van der Waals surface area contributed by atoms with Gasteiger partial charge in [0.2, 0.25) is 11.8 Å². The molecule has 0 aliphatic rings. The molecule has 0 saturated heterocycles. The summed E-state index contributed by atoms with van der Waals surface area (Å²) in [5.41, 5.74) is 5.37. The van der Waals surface area contributed by atoms with E-state index in [4.69, 9.17) is 5.73 Å². The highest BCUT2D eigenvalue weighted by Crippen LogP contribution is 2.15. The first-order valence-corrected chi connectivity index (χ1v) is 6.53. The van der Waals surface area contributed by atoms with Crippen LogP contribution in [0.4, 0.5) is 0 Å². The first-order valence-electron chi connectivity index (χ1n) is 6.53. The Bertz CT molecular complexity index is 320. The van der Waals surface area contributed by atoms with Gasteiger partial charge in [-0.3, -0.25) is 14.5 Å². The number of hydrogen-bond donors (Lipinski definition) is 2. The molecule has 0 aliphatic carbocycles. The first kappa shape index (κ1) is 17.6. The summed E-state index contributed by atoms with van der Waals surface area (Å²) < 4.78 is 0. The molecular formula is C13H24N2O4. The summed E-state index contributed by atoms with van der Waals surface area (Å²) in [6, 6.07) is -1.13. The predicted molar refractivity (Wildman–Crippen MR) is 71.2 cm³/mol. The zero-order chi connectivity index (χ0) is 15.2. The van der Waals surface area contributed by atoms with E-state index in [0.717, 1.165) is 4.90 Å². The molecule has 0 rings (SSSR count). The molecule has 110 valence electrons. The molecule has 0 saturated carbocycles. The maximum absolute atomic E-state index is 12.1. The lowest BCUT2D eigenvalue weighted by Crippen LogP contribution is -2.51. The SMILES string of the molecule is CC(C)C(=O)N(C(=O)C(C)C)[C@@H](CCCN)C(=O)O. The number of carboxylic acid groups (broad SMARTS) is 1. The van der Waals surface area contributed by atoms with Crippen molar-refractivity contribution in [3.8, 4) is 0 Å². The molecular weight excluding hydrogens is 248 g/mol. The molecule has 0 aromatic carbocycles. The molecule has 0 unspecified atom stereocenters. The summed E-state index contributed by atoms with van der Waals surface area (Å²) in [5.74, 6) is -2.94. The zero-order valence-electron chi connectivity index (χ0n) is 12.0. The third-order valence-corrected chi connectivity index (χ3v) is 2.74. The van der Waals surface area contributed by atoms with Gasteiger partial charge in [-0.25, -0.2) is 4.79 Å². The van der Waals surface area contributed by atoms with Gasteiger partial charge in [0.15, 0.2) is 0 Å². The fraction of sp³-hybridized carbons (Fsp3) is 0.769.